The molecule has 0 unspecified atom stereocenters. The van der Waals surface area contributed by atoms with Crippen molar-refractivity contribution >= 4 is 17.8 Å². The zero-order valence-electron chi connectivity index (χ0n) is 16.0. The summed E-state index contributed by atoms with van der Waals surface area (Å²) in [6.45, 7) is 3.16. The lowest BCUT2D eigenvalue weighted by atomic mass is 9.76. The Kier molecular flexibility index (Phi) is 5.87. The standard InChI is InChI=1S/C20H28N2O5/c1-14-5-9-20(10-6-14,19(25)26-2)21-17(23)15-7-11-22(12-8-15)18(24)16-4-3-13-27-16/h3-4,13-15H,5-12H2,1-2H3,(H,21,23). The molecule has 7 nitrogen and oxygen atoms in total. The average Bonchev–Trinajstić information content (AvgIpc) is 3.23. The third-order valence-electron chi connectivity index (χ3n) is 5.95. The van der Waals surface area contributed by atoms with E-state index in [1.54, 1.807) is 17.0 Å². The Morgan fingerprint density at radius 1 is 1.19 bits per heavy atom. The van der Waals surface area contributed by atoms with Crippen molar-refractivity contribution < 1.29 is 23.5 Å². The molecule has 2 amide bonds. The Balaban J connectivity index is 1.58. The van der Waals surface area contributed by atoms with Gasteiger partial charge in [-0.3, -0.25) is 9.59 Å². The molecule has 1 aliphatic heterocycles. The second-order valence-electron chi connectivity index (χ2n) is 7.79. The van der Waals surface area contributed by atoms with Gasteiger partial charge in [-0.25, -0.2) is 4.79 Å². The number of methoxy groups -OCH3 is 1. The number of ether oxygens (including phenoxy) is 1. The predicted octanol–water partition coefficient (Wildman–Crippen LogP) is 2.37. The van der Waals surface area contributed by atoms with Gasteiger partial charge in [0.2, 0.25) is 5.91 Å². The second kappa shape index (κ2) is 8.15. The van der Waals surface area contributed by atoms with Gasteiger partial charge in [-0.05, 0) is 56.6 Å². The summed E-state index contributed by atoms with van der Waals surface area (Å²) in [4.78, 5) is 39.3. The van der Waals surface area contributed by atoms with Crippen LogP contribution in [0.1, 0.15) is 56.0 Å². The number of hydrogen-bond acceptors (Lipinski definition) is 5. The van der Waals surface area contributed by atoms with E-state index in [1.165, 1.54) is 13.4 Å². The van der Waals surface area contributed by atoms with Crippen LogP contribution in [0, 0.1) is 11.8 Å². The third-order valence-corrected chi connectivity index (χ3v) is 5.95. The number of rotatable bonds is 4. The maximum Gasteiger partial charge on any atom is 0.331 e. The van der Waals surface area contributed by atoms with Gasteiger partial charge in [0.1, 0.15) is 5.54 Å². The number of amides is 2. The Labute approximate surface area is 159 Å². The quantitative estimate of drug-likeness (QED) is 0.815. The topological polar surface area (TPSA) is 88.9 Å². The Morgan fingerprint density at radius 2 is 1.85 bits per heavy atom. The van der Waals surface area contributed by atoms with E-state index in [1.807, 2.05) is 0 Å². The van der Waals surface area contributed by atoms with Crippen LogP contribution in [-0.4, -0.2) is 48.4 Å². The largest absolute Gasteiger partial charge is 0.467 e. The molecular formula is C20H28N2O5. The highest BCUT2D eigenvalue weighted by Crippen LogP contribution is 2.33. The van der Waals surface area contributed by atoms with Crippen molar-refractivity contribution in [1.82, 2.24) is 10.2 Å². The highest BCUT2D eigenvalue weighted by Gasteiger charge is 2.44. The van der Waals surface area contributed by atoms with E-state index < -0.39 is 5.54 Å². The lowest BCUT2D eigenvalue weighted by Crippen LogP contribution is -2.58. The summed E-state index contributed by atoms with van der Waals surface area (Å²) < 4.78 is 10.2. The molecule has 3 rings (SSSR count). The second-order valence-corrected chi connectivity index (χ2v) is 7.79. The summed E-state index contributed by atoms with van der Waals surface area (Å²) in [5.74, 6) is 0.0559. The van der Waals surface area contributed by atoms with Gasteiger partial charge in [0.05, 0.1) is 13.4 Å². The number of nitrogens with one attached hydrogen (secondary N) is 1. The fourth-order valence-electron chi connectivity index (χ4n) is 4.07. The highest BCUT2D eigenvalue weighted by molar-refractivity contribution is 5.92. The van der Waals surface area contributed by atoms with Crippen LogP contribution in [0.15, 0.2) is 22.8 Å². The molecule has 2 heterocycles. The van der Waals surface area contributed by atoms with Gasteiger partial charge in [0.25, 0.3) is 5.91 Å². The number of likely N-dealkylation sites (tertiary alicyclic amines) is 1. The zero-order valence-corrected chi connectivity index (χ0v) is 16.0. The van der Waals surface area contributed by atoms with E-state index in [0.717, 1.165) is 12.8 Å². The maximum atomic E-state index is 12.8. The molecular weight excluding hydrogens is 348 g/mol. The van der Waals surface area contributed by atoms with Crippen molar-refractivity contribution in [2.45, 2.75) is 51.0 Å². The number of carbonyl (C=O) groups excluding carboxylic acids is 3. The van der Waals surface area contributed by atoms with E-state index in [9.17, 15) is 14.4 Å². The van der Waals surface area contributed by atoms with Crippen LogP contribution in [0.25, 0.3) is 0 Å². The molecule has 1 N–H and O–H groups in total. The van der Waals surface area contributed by atoms with E-state index in [0.29, 0.717) is 50.5 Å². The first-order valence-electron chi connectivity index (χ1n) is 9.68. The molecule has 148 valence electrons. The van der Waals surface area contributed by atoms with Crippen molar-refractivity contribution in [1.29, 1.82) is 0 Å². The van der Waals surface area contributed by atoms with Crippen molar-refractivity contribution in [2.24, 2.45) is 11.8 Å². The third kappa shape index (κ3) is 4.17. The minimum absolute atomic E-state index is 0.111. The number of carbonyl (C=O) groups is 3. The number of furan rings is 1. The Hall–Kier alpha value is -2.31. The highest BCUT2D eigenvalue weighted by atomic mass is 16.5. The molecule has 1 saturated carbocycles. The van der Waals surface area contributed by atoms with Crippen molar-refractivity contribution in [3.05, 3.63) is 24.2 Å². The van der Waals surface area contributed by atoms with Crippen LogP contribution >= 0.6 is 0 Å². The Morgan fingerprint density at radius 3 is 2.41 bits per heavy atom. The fraction of sp³-hybridized carbons (Fsp3) is 0.650. The van der Waals surface area contributed by atoms with E-state index in [4.69, 9.17) is 9.15 Å². The van der Waals surface area contributed by atoms with Gasteiger partial charge >= 0.3 is 5.97 Å². The summed E-state index contributed by atoms with van der Waals surface area (Å²) in [6.07, 6.45) is 5.64. The van der Waals surface area contributed by atoms with Crippen molar-refractivity contribution in [3.63, 3.8) is 0 Å². The van der Waals surface area contributed by atoms with Crippen LogP contribution in [0.4, 0.5) is 0 Å². The molecule has 2 fully saturated rings. The molecule has 1 aromatic rings. The molecule has 27 heavy (non-hydrogen) atoms. The minimum Gasteiger partial charge on any atom is -0.467 e. The summed E-state index contributed by atoms with van der Waals surface area (Å²) in [5.41, 5.74) is -0.903. The number of nitrogens with zero attached hydrogens (tertiary/aromatic N) is 1. The van der Waals surface area contributed by atoms with Crippen LogP contribution in [-0.2, 0) is 14.3 Å². The Bertz CT molecular complexity index is 669. The van der Waals surface area contributed by atoms with Gasteiger partial charge in [-0.1, -0.05) is 6.92 Å². The summed E-state index contributed by atoms with van der Waals surface area (Å²) in [7, 11) is 1.37. The van der Waals surface area contributed by atoms with E-state index in [-0.39, 0.29) is 23.7 Å². The molecule has 0 radical (unpaired) electrons. The van der Waals surface area contributed by atoms with Crippen LogP contribution in [0.2, 0.25) is 0 Å². The first kappa shape index (κ1) is 19.5. The average molecular weight is 376 g/mol. The minimum atomic E-state index is -0.903. The predicted molar refractivity (Wildman–Crippen MR) is 97.9 cm³/mol. The normalized spacial score (nSPS) is 26.4. The van der Waals surface area contributed by atoms with Crippen LogP contribution in [0.3, 0.4) is 0 Å². The van der Waals surface area contributed by atoms with E-state index >= 15 is 0 Å². The van der Waals surface area contributed by atoms with Gasteiger partial charge in [0, 0.05) is 19.0 Å². The smallest absolute Gasteiger partial charge is 0.331 e. The van der Waals surface area contributed by atoms with Crippen LogP contribution in [0.5, 0.6) is 0 Å². The fourth-order valence-corrected chi connectivity index (χ4v) is 4.07. The van der Waals surface area contributed by atoms with Crippen molar-refractivity contribution in [3.8, 4) is 0 Å². The van der Waals surface area contributed by atoms with Crippen molar-refractivity contribution in [2.75, 3.05) is 20.2 Å². The summed E-state index contributed by atoms with van der Waals surface area (Å²) in [5, 5.41) is 3.01. The number of piperidine rings is 1. The van der Waals surface area contributed by atoms with Gasteiger partial charge < -0.3 is 19.4 Å². The first-order valence-corrected chi connectivity index (χ1v) is 9.68. The molecule has 0 atom stereocenters. The number of esters is 1. The maximum absolute atomic E-state index is 12.8. The molecule has 0 spiro atoms. The van der Waals surface area contributed by atoms with Crippen LogP contribution < -0.4 is 5.32 Å². The lowest BCUT2D eigenvalue weighted by molar-refractivity contribution is -0.153. The monoisotopic (exact) mass is 376 g/mol. The van der Waals surface area contributed by atoms with Gasteiger partial charge in [0.15, 0.2) is 5.76 Å². The number of hydrogen-bond donors (Lipinski definition) is 1. The molecule has 2 aliphatic rings. The first-order chi connectivity index (χ1) is 12.9. The zero-order chi connectivity index (χ0) is 19.4. The van der Waals surface area contributed by atoms with Gasteiger partial charge in [-0.2, -0.15) is 0 Å². The molecule has 0 aromatic carbocycles. The molecule has 7 heteroatoms. The molecule has 1 aliphatic carbocycles. The molecule has 1 aromatic heterocycles. The SMILES string of the molecule is COC(=O)C1(NC(=O)C2CCN(C(=O)c3ccco3)CC2)CCC(C)CC1. The van der Waals surface area contributed by atoms with Gasteiger partial charge in [-0.15, -0.1) is 0 Å². The summed E-state index contributed by atoms with van der Waals surface area (Å²) >= 11 is 0. The summed E-state index contributed by atoms with van der Waals surface area (Å²) in [6, 6.07) is 3.33. The lowest BCUT2D eigenvalue weighted by Gasteiger charge is -2.39. The molecule has 1 saturated heterocycles. The van der Waals surface area contributed by atoms with E-state index in [2.05, 4.69) is 12.2 Å². The molecule has 0 bridgehead atoms.